The van der Waals surface area contributed by atoms with Gasteiger partial charge in [0.15, 0.2) is 0 Å². The Morgan fingerprint density at radius 1 is 0.872 bits per heavy atom. The minimum Gasteiger partial charge on any atom is -0.314 e. The first-order valence-corrected chi connectivity index (χ1v) is 14.0. The zero-order valence-corrected chi connectivity index (χ0v) is 22.0. The molecule has 0 radical (unpaired) electrons. The number of hydrogen-bond donors (Lipinski definition) is 2. The molecule has 8 heteroatoms. The van der Waals surface area contributed by atoms with Gasteiger partial charge in [-0.1, -0.05) is 42.5 Å². The maximum atomic E-state index is 13.4. The van der Waals surface area contributed by atoms with Gasteiger partial charge in [-0.05, 0) is 47.1 Å². The van der Waals surface area contributed by atoms with Crippen molar-refractivity contribution >= 4 is 34.2 Å². The summed E-state index contributed by atoms with van der Waals surface area (Å²) < 4.78 is 0. The van der Waals surface area contributed by atoms with Gasteiger partial charge in [0, 0.05) is 69.2 Å². The Kier molecular flexibility index (Phi) is 6.18. The van der Waals surface area contributed by atoms with Crippen LogP contribution in [0.4, 0.5) is 5.69 Å². The summed E-state index contributed by atoms with van der Waals surface area (Å²) in [7, 11) is 0. The van der Waals surface area contributed by atoms with Crippen LogP contribution in [0.5, 0.6) is 0 Å². The standard InChI is InChI=1S/C31H33N5O3/c37-28-11-10-27(30(38)33-28)36-26-9-8-22(24-2-1-3-25(29(24)26)31(36)39)16-20-4-6-21(7-5-20)17-34-18-23(19-34)35-14-12-32-13-15-35/h1-9,23,27,32H,10-19H2,(H,33,37,38). The van der Waals surface area contributed by atoms with Crippen LogP contribution in [-0.4, -0.2) is 78.9 Å². The summed E-state index contributed by atoms with van der Waals surface area (Å²) in [5.74, 6) is -0.852. The third-order valence-corrected chi connectivity index (χ3v) is 8.77. The van der Waals surface area contributed by atoms with Crippen LogP contribution < -0.4 is 15.5 Å². The van der Waals surface area contributed by atoms with E-state index >= 15 is 0 Å². The second-order valence-corrected chi connectivity index (χ2v) is 11.2. The molecule has 2 N–H and O–H groups in total. The zero-order chi connectivity index (χ0) is 26.5. The molecule has 39 heavy (non-hydrogen) atoms. The minimum atomic E-state index is -0.664. The second-order valence-electron chi connectivity index (χ2n) is 11.2. The van der Waals surface area contributed by atoms with Gasteiger partial charge < -0.3 is 5.32 Å². The molecule has 1 atom stereocenters. The van der Waals surface area contributed by atoms with Gasteiger partial charge in [-0.2, -0.15) is 0 Å². The Morgan fingerprint density at radius 3 is 2.41 bits per heavy atom. The molecule has 0 spiro atoms. The fourth-order valence-electron chi connectivity index (χ4n) is 6.65. The molecular weight excluding hydrogens is 490 g/mol. The van der Waals surface area contributed by atoms with Gasteiger partial charge in [0.25, 0.3) is 5.91 Å². The van der Waals surface area contributed by atoms with Gasteiger partial charge in [0.2, 0.25) is 11.8 Å². The molecule has 3 saturated heterocycles. The van der Waals surface area contributed by atoms with E-state index in [0.717, 1.165) is 74.3 Å². The smallest absolute Gasteiger partial charge is 0.259 e. The average molecular weight is 524 g/mol. The number of anilines is 1. The number of likely N-dealkylation sites (tertiary alicyclic amines) is 1. The summed E-state index contributed by atoms with van der Waals surface area (Å²) in [4.78, 5) is 44.4. The van der Waals surface area contributed by atoms with E-state index in [4.69, 9.17) is 0 Å². The summed E-state index contributed by atoms with van der Waals surface area (Å²) in [6.07, 6.45) is 1.35. The largest absolute Gasteiger partial charge is 0.314 e. The van der Waals surface area contributed by atoms with Gasteiger partial charge in [0.1, 0.15) is 6.04 Å². The highest BCUT2D eigenvalue weighted by atomic mass is 16.2. The Hall–Kier alpha value is -3.59. The number of imide groups is 1. The van der Waals surface area contributed by atoms with Crippen LogP contribution in [-0.2, 0) is 22.6 Å². The van der Waals surface area contributed by atoms with Crippen LogP contribution in [0.15, 0.2) is 54.6 Å². The maximum Gasteiger partial charge on any atom is 0.259 e. The topological polar surface area (TPSA) is 85.0 Å². The summed E-state index contributed by atoms with van der Waals surface area (Å²) in [6.45, 7) is 7.81. The van der Waals surface area contributed by atoms with E-state index < -0.39 is 11.9 Å². The molecule has 3 fully saturated rings. The molecule has 0 aromatic heterocycles. The molecular formula is C31H33N5O3. The molecule has 0 saturated carbocycles. The number of nitrogens with one attached hydrogen (secondary N) is 2. The minimum absolute atomic E-state index is 0.170. The molecule has 200 valence electrons. The Bertz CT molecular complexity index is 1460. The monoisotopic (exact) mass is 523 g/mol. The average Bonchev–Trinajstić information content (AvgIpc) is 3.21. The van der Waals surface area contributed by atoms with E-state index in [-0.39, 0.29) is 18.2 Å². The predicted octanol–water partition coefficient (Wildman–Crippen LogP) is 2.29. The number of rotatable bonds is 6. The van der Waals surface area contributed by atoms with Crippen molar-refractivity contribution < 1.29 is 14.4 Å². The number of benzene rings is 3. The lowest BCUT2D eigenvalue weighted by Gasteiger charge is -2.46. The number of piperazine rings is 1. The van der Waals surface area contributed by atoms with E-state index in [2.05, 4.69) is 56.8 Å². The van der Waals surface area contributed by atoms with E-state index in [0.29, 0.717) is 18.0 Å². The quantitative estimate of drug-likeness (QED) is 0.483. The number of hydrogen-bond acceptors (Lipinski definition) is 6. The Morgan fingerprint density at radius 2 is 1.64 bits per heavy atom. The van der Waals surface area contributed by atoms with Crippen LogP contribution >= 0.6 is 0 Å². The van der Waals surface area contributed by atoms with Gasteiger partial charge in [0.05, 0.1) is 5.69 Å². The van der Waals surface area contributed by atoms with Crippen molar-refractivity contribution in [1.29, 1.82) is 0 Å². The Balaban J connectivity index is 1.06. The summed E-state index contributed by atoms with van der Waals surface area (Å²) in [5.41, 5.74) is 5.10. The molecule has 4 aliphatic rings. The van der Waals surface area contributed by atoms with E-state index in [1.165, 1.54) is 11.1 Å². The SMILES string of the molecule is O=C1CCC(N2C(=O)c3cccc4c(Cc5ccc(CN6CC(N7CCNCC7)C6)cc5)ccc2c34)C(=O)N1. The zero-order valence-electron chi connectivity index (χ0n) is 22.0. The van der Waals surface area contributed by atoms with E-state index in [1.54, 1.807) is 4.90 Å². The van der Waals surface area contributed by atoms with Crippen molar-refractivity contribution in [3.63, 3.8) is 0 Å². The van der Waals surface area contributed by atoms with Gasteiger partial charge >= 0.3 is 0 Å². The molecule has 0 bridgehead atoms. The van der Waals surface area contributed by atoms with Crippen LogP contribution in [0.25, 0.3) is 10.8 Å². The van der Waals surface area contributed by atoms with Crippen LogP contribution in [0.1, 0.15) is 39.9 Å². The lowest BCUT2D eigenvalue weighted by atomic mass is 9.95. The molecule has 3 aromatic rings. The number of carbonyl (C=O) groups is 3. The van der Waals surface area contributed by atoms with Crippen LogP contribution in [0.3, 0.4) is 0 Å². The lowest BCUT2D eigenvalue weighted by molar-refractivity contribution is -0.134. The number of carbonyl (C=O) groups excluding carboxylic acids is 3. The molecule has 8 nitrogen and oxygen atoms in total. The van der Waals surface area contributed by atoms with Crippen molar-refractivity contribution in [2.45, 2.75) is 37.9 Å². The third kappa shape index (κ3) is 4.42. The van der Waals surface area contributed by atoms with E-state index in [9.17, 15) is 14.4 Å². The van der Waals surface area contributed by atoms with E-state index in [1.807, 2.05) is 18.2 Å². The third-order valence-electron chi connectivity index (χ3n) is 8.77. The predicted molar refractivity (Wildman–Crippen MR) is 150 cm³/mol. The maximum absolute atomic E-state index is 13.4. The normalized spacial score (nSPS) is 22.4. The fourth-order valence-corrected chi connectivity index (χ4v) is 6.65. The molecule has 4 aliphatic heterocycles. The fraction of sp³-hybridized carbons (Fsp3) is 0.387. The molecule has 1 unspecified atom stereocenters. The Labute approximate surface area is 227 Å². The highest BCUT2D eigenvalue weighted by molar-refractivity contribution is 6.27. The lowest BCUT2D eigenvalue weighted by Crippen LogP contribution is -2.62. The first-order chi connectivity index (χ1) is 19.0. The number of amides is 3. The summed E-state index contributed by atoms with van der Waals surface area (Å²) >= 11 is 0. The second kappa shape index (κ2) is 9.86. The molecule has 0 aliphatic carbocycles. The first-order valence-electron chi connectivity index (χ1n) is 14.0. The van der Waals surface area contributed by atoms with Crippen LogP contribution in [0, 0.1) is 0 Å². The molecule has 3 amide bonds. The summed E-state index contributed by atoms with van der Waals surface area (Å²) in [5, 5.41) is 7.76. The first kappa shape index (κ1) is 24.5. The van der Waals surface area contributed by atoms with Gasteiger partial charge in [-0.25, -0.2) is 0 Å². The van der Waals surface area contributed by atoms with Crippen molar-refractivity contribution in [2.75, 3.05) is 44.2 Å². The van der Waals surface area contributed by atoms with Crippen molar-refractivity contribution in [2.24, 2.45) is 0 Å². The molecule has 3 aromatic carbocycles. The van der Waals surface area contributed by atoms with Crippen LogP contribution in [0.2, 0.25) is 0 Å². The van der Waals surface area contributed by atoms with Gasteiger partial charge in [-0.3, -0.25) is 34.4 Å². The highest BCUT2D eigenvalue weighted by Crippen LogP contribution is 2.41. The summed E-state index contributed by atoms with van der Waals surface area (Å²) in [6, 6.07) is 18.8. The highest BCUT2D eigenvalue weighted by Gasteiger charge is 2.40. The van der Waals surface area contributed by atoms with Crippen molar-refractivity contribution in [3.05, 3.63) is 76.9 Å². The number of piperidine rings is 1. The number of nitrogens with zero attached hydrogens (tertiary/aromatic N) is 3. The molecule has 7 rings (SSSR count). The van der Waals surface area contributed by atoms with Crippen molar-refractivity contribution in [3.8, 4) is 0 Å². The molecule has 4 heterocycles. The van der Waals surface area contributed by atoms with Gasteiger partial charge in [-0.15, -0.1) is 0 Å². The van der Waals surface area contributed by atoms with Crippen molar-refractivity contribution in [1.82, 2.24) is 20.4 Å².